The van der Waals surface area contributed by atoms with Crippen molar-refractivity contribution >= 4 is 23.0 Å². The summed E-state index contributed by atoms with van der Waals surface area (Å²) in [4.78, 5) is 23.2. The van der Waals surface area contributed by atoms with Gasteiger partial charge in [-0.15, -0.1) is 0 Å². The molecule has 1 aliphatic rings. The van der Waals surface area contributed by atoms with E-state index < -0.39 is 6.10 Å². The van der Waals surface area contributed by atoms with Gasteiger partial charge in [-0.25, -0.2) is 4.98 Å². The van der Waals surface area contributed by atoms with Crippen LogP contribution in [0.2, 0.25) is 0 Å². The molecule has 0 spiro atoms. The van der Waals surface area contributed by atoms with Crippen LogP contribution in [0, 0.1) is 5.92 Å². The molecule has 1 unspecified atom stereocenters. The molecule has 0 radical (unpaired) electrons. The summed E-state index contributed by atoms with van der Waals surface area (Å²) in [7, 11) is 0. The monoisotopic (exact) mass is 373 g/mol. The van der Waals surface area contributed by atoms with Crippen LogP contribution < -0.4 is 0 Å². The third kappa shape index (κ3) is 4.10. The zero-order valence-corrected chi connectivity index (χ0v) is 15.6. The Morgan fingerprint density at radius 2 is 1.71 bits per heavy atom. The highest BCUT2D eigenvalue weighted by Gasteiger charge is 2.27. The molecule has 1 aromatic heterocycles. The topological polar surface area (TPSA) is 66.3 Å². The Morgan fingerprint density at radius 3 is 2.46 bits per heavy atom. The summed E-state index contributed by atoms with van der Waals surface area (Å²) in [5, 5.41) is 10.6. The molecule has 1 amide bonds. The largest absolute Gasteiger partial charge is 0.388 e. The Kier molecular flexibility index (Phi) is 5.44. The highest BCUT2D eigenvalue weighted by atomic mass is 16.3. The van der Waals surface area contributed by atoms with Crippen LogP contribution >= 0.6 is 0 Å². The van der Waals surface area contributed by atoms with Crippen LogP contribution in [0.1, 0.15) is 30.2 Å². The number of hydrogen-bond donors (Lipinski definition) is 1. The minimum Gasteiger partial charge on any atom is -0.388 e. The van der Waals surface area contributed by atoms with Gasteiger partial charge >= 0.3 is 0 Å². The average Bonchev–Trinajstić information content (AvgIpc) is 2.77. The number of para-hydroxylation sites is 2. The maximum Gasteiger partial charge on any atom is 0.246 e. The van der Waals surface area contributed by atoms with Crippen LogP contribution in [0.5, 0.6) is 0 Å². The minimum absolute atomic E-state index is 0.0254. The fraction of sp³-hybridized carbons (Fsp3) is 0.261. The Hall–Kier alpha value is -3.05. The van der Waals surface area contributed by atoms with Crippen molar-refractivity contribution in [2.24, 2.45) is 5.92 Å². The van der Waals surface area contributed by atoms with Crippen LogP contribution in [-0.2, 0) is 4.79 Å². The van der Waals surface area contributed by atoms with Crippen molar-refractivity contribution in [3.8, 4) is 0 Å². The summed E-state index contributed by atoms with van der Waals surface area (Å²) in [6, 6.07) is 17.4. The molecule has 3 aromatic rings. The number of rotatable bonds is 4. The third-order valence-electron chi connectivity index (χ3n) is 5.30. The summed E-state index contributed by atoms with van der Waals surface area (Å²) in [6.07, 6.45) is 6.08. The van der Waals surface area contributed by atoms with Crippen molar-refractivity contribution < 1.29 is 9.90 Å². The van der Waals surface area contributed by atoms with Crippen LogP contribution in [0.25, 0.3) is 17.1 Å². The molecule has 1 fully saturated rings. The Balaban J connectivity index is 1.35. The van der Waals surface area contributed by atoms with Gasteiger partial charge in [-0.1, -0.05) is 42.5 Å². The Morgan fingerprint density at radius 1 is 1.04 bits per heavy atom. The fourth-order valence-electron chi connectivity index (χ4n) is 3.67. The van der Waals surface area contributed by atoms with Crippen LogP contribution in [0.15, 0.2) is 66.9 Å². The molecule has 5 nitrogen and oxygen atoms in total. The van der Waals surface area contributed by atoms with E-state index in [1.54, 1.807) is 18.3 Å². The molecule has 2 heterocycles. The lowest BCUT2D eigenvalue weighted by Crippen LogP contribution is -2.38. The van der Waals surface area contributed by atoms with E-state index in [0.29, 0.717) is 18.8 Å². The number of fused-ring (bicyclic) bond motifs is 1. The first kappa shape index (κ1) is 18.3. The molecule has 0 aliphatic carbocycles. The van der Waals surface area contributed by atoms with Gasteiger partial charge in [0.15, 0.2) is 0 Å². The van der Waals surface area contributed by atoms with Gasteiger partial charge in [-0.3, -0.25) is 9.78 Å². The lowest BCUT2D eigenvalue weighted by molar-refractivity contribution is -0.127. The predicted octanol–water partition coefficient (Wildman–Crippen LogP) is 3.62. The van der Waals surface area contributed by atoms with Gasteiger partial charge in [0.05, 0.1) is 29.0 Å². The first-order chi connectivity index (χ1) is 13.7. The summed E-state index contributed by atoms with van der Waals surface area (Å²) >= 11 is 0. The van der Waals surface area contributed by atoms with Gasteiger partial charge in [-0.05, 0) is 42.5 Å². The van der Waals surface area contributed by atoms with Crippen LogP contribution in [0.3, 0.4) is 0 Å². The molecule has 5 heteroatoms. The fourth-order valence-corrected chi connectivity index (χ4v) is 3.67. The lowest BCUT2D eigenvalue weighted by atomic mass is 9.87. The number of carbonyl (C=O) groups excluding carboxylic acids is 1. The number of hydrogen-bond acceptors (Lipinski definition) is 4. The van der Waals surface area contributed by atoms with E-state index in [-0.39, 0.29) is 11.8 Å². The van der Waals surface area contributed by atoms with Gasteiger partial charge in [0.2, 0.25) is 5.91 Å². The number of likely N-dealkylation sites (tertiary alicyclic amines) is 1. The molecule has 28 heavy (non-hydrogen) atoms. The van der Waals surface area contributed by atoms with E-state index in [1.807, 2.05) is 59.5 Å². The second-order valence-corrected chi connectivity index (χ2v) is 7.14. The SMILES string of the molecule is O=C(C=Cc1cnc2ccccc2n1)N1CCC(C(O)c2ccccc2)CC1. The van der Waals surface area contributed by atoms with Crippen molar-refractivity contribution in [1.29, 1.82) is 0 Å². The van der Waals surface area contributed by atoms with E-state index in [0.717, 1.165) is 29.4 Å². The molecule has 4 rings (SSSR count). The lowest BCUT2D eigenvalue weighted by Gasteiger charge is -2.33. The summed E-state index contributed by atoms with van der Waals surface area (Å²) in [6.45, 7) is 1.31. The number of aliphatic hydroxyl groups excluding tert-OH is 1. The summed E-state index contributed by atoms with van der Waals surface area (Å²) in [5.41, 5.74) is 3.27. The first-order valence-corrected chi connectivity index (χ1v) is 9.62. The van der Waals surface area contributed by atoms with Crippen molar-refractivity contribution in [3.05, 3.63) is 78.1 Å². The maximum absolute atomic E-state index is 12.5. The molecule has 142 valence electrons. The molecular weight excluding hydrogens is 350 g/mol. The van der Waals surface area contributed by atoms with Gasteiger partial charge in [0.25, 0.3) is 0 Å². The molecule has 0 bridgehead atoms. The van der Waals surface area contributed by atoms with Gasteiger partial charge in [-0.2, -0.15) is 0 Å². The molecule has 1 N–H and O–H groups in total. The van der Waals surface area contributed by atoms with Crippen molar-refractivity contribution in [2.45, 2.75) is 18.9 Å². The predicted molar refractivity (Wildman–Crippen MR) is 109 cm³/mol. The van der Waals surface area contributed by atoms with E-state index >= 15 is 0 Å². The van der Waals surface area contributed by atoms with Crippen molar-refractivity contribution in [1.82, 2.24) is 14.9 Å². The number of benzene rings is 2. The first-order valence-electron chi connectivity index (χ1n) is 9.62. The zero-order valence-electron chi connectivity index (χ0n) is 15.6. The summed E-state index contributed by atoms with van der Waals surface area (Å²) in [5.74, 6) is 0.157. The van der Waals surface area contributed by atoms with E-state index in [1.165, 1.54) is 0 Å². The number of piperidine rings is 1. The number of aliphatic hydroxyl groups is 1. The van der Waals surface area contributed by atoms with Crippen molar-refractivity contribution in [3.63, 3.8) is 0 Å². The normalized spacial score (nSPS) is 16.5. The number of aromatic nitrogens is 2. The van der Waals surface area contributed by atoms with Crippen LogP contribution in [-0.4, -0.2) is 39.0 Å². The molecule has 2 aromatic carbocycles. The Labute approximate surface area is 164 Å². The molecule has 1 atom stereocenters. The van der Waals surface area contributed by atoms with E-state index in [9.17, 15) is 9.90 Å². The standard InChI is InChI=1S/C23H23N3O2/c27-22(11-10-19-16-24-20-8-4-5-9-21(20)25-19)26-14-12-18(13-15-26)23(28)17-6-2-1-3-7-17/h1-11,16,18,23,28H,12-15H2. The van der Waals surface area contributed by atoms with E-state index in [4.69, 9.17) is 0 Å². The molecular formula is C23H23N3O2. The zero-order chi connectivity index (χ0) is 19.3. The summed E-state index contributed by atoms with van der Waals surface area (Å²) < 4.78 is 0. The van der Waals surface area contributed by atoms with Gasteiger partial charge in [0, 0.05) is 19.2 Å². The highest BCUT2D eigenvalue weighted by Crippen LogP contribution is 2.30. The number of nitrogens with zero attached hydrogens (tertiary/aromatic N) is 3. The van der Waals surface area contributed by atoms with E-state index in [2.05, 4.69) is 9.97 Å². The van der Waals surface area contributed by atoms with Gasteiger partial charge < -0.3 is 10.0 Å². The van der Waals surface area contributed by atoms with Gasteiger partial charge in [0.1, 0.15) is 0 Å². The van der Waals surface area contributed by atoms with Crippen molar-refractivity contribution in [2.75, 3.05) is 13.1 Å². The quantitative estimate of drug-likeness (QED) is 0.710. The molecule has 1 aliphatic heterocycles. The second kappa shape index (κ2) is 8.31. The number of carbonyl (C=O) groups is 1. The Bertz CT molecular complexity index is 979. The number of amides is 1. The van der Waals surface area contributed by atoms with Crippen LogP contribution in [0.4, 0.5) is 0 Å². The minimum atomic E-state index is -0.470. The smallest absolute Gasteiger partial charge is 0.246 e. The third-order valence-corrected chi connectivity index (χ3v) is 5.30. The molecule has 1 saturated heterocycles. The maximum atomic E-state index is 12.5. The second-order valence-electron chi connectivity index (χ2n) is 7.14. The highest BCUT2D eigenvalue weighted by molar-refractivity contribution is 5.91. The molecule has 0 saturated carbocycles. The average molecular weight is 373 g/mol.